The lowest BCUT2D eigenvalue weighted by molar-refractivity contribution is -0.132. The first kappa shape index (κ1) is 21.9. The van der Waals surface area contributed by atoms with E-state index in [1.807, 2.05) is 6.92 Å². The number of nitrogens with zero attached hydrogens (tertiary/aromatic N) is 4. The molecule has 0 unspecified atom stereocenters. The number of nitrogens with one attached hydrogen (secondary N) is 1. The third kappa shape index (κ3) is 4.47. The summed E-state index contributed by atoms with van der Waals surface area (Å²) in [5.74, 6) is 0.525. The van der Waals surface area contributed by atoms with Crippen LogP contribution in [0.1, 0.15) is 66.6 Å². The van der Waals surface area contributed by atoms with Crippen LogP contribution in [0.2, 0.25) is 0 Å². The number of aromatic amines is 1. The van der Waals surface area contributed by atoms with Gasteiger partial charge in [0.1, 0.15) is 0 Å². The van der Waals surface area contributed by atoms with Crippen LogP contribution in [0.3, 0.4) is 0 Å². The summed E-state index contributed by atoms with van der Waals surface area (Å²) < 4.78 is 1.58. The molecule has 0 bridgehead atoms. The zero-order chi connectivity index (χ0) is 22.9. The Morgan fingerprint density at radius 3 is 2.64 bits per heavy atom. The molecule has 1 saturated heterocycles. The Bertz CT molecular complexity index is 1200. The van der Waals surface area contributed by atoms with Crippen molar-refractivity contribution >= 4 is 11.6 Å². The Hall–Kier alpha value is -2.93. The third-order valence-electron chi connectivity index (χ3n) is 7.15. The number of carbonyl (C=O) groups excluding carboxylic acids is 1. The zero-order valence-electron chi connectivity index (χ0n) is 19.6. The van der Waals surface area contributed by atoms with Gasteiger partial charge in [-0.2, -0.15) is 0 Å². The molecule has 1 N–H and O–H groups in total. The average Bonchev–Trinajstić information content (AvgIpc) is 3.26. The number of piperidine rings is 1. The van der Waals surface area contributed by atoms with Gasteiger partial charge in [0, 0.05) is 43.6 Å². The Morgan fingerprint density at radius 2 is 1.91 bits per heavy atom. The number of aromatic nitrogens is 3. The number of hydrogen-bond acceptors (Lipinski definition) is 4. The van der Waals surface area contributed by atoms with E-state index < -0.39 is 0 Å². The normalized spacial score (nSPS) is 17.5. The molecule has 2 aliphatic heterocycles. The van der Waals surface area contributed by atoms with Crippen molar-refractivity contribution in [3.8, 4) is 0 Å². The lowest BCUT2D eigenvalue weighted by Crippen LogP contribution is -2.40. The molecule has 2 aromatic heterocycles. The molecule has 1 fully saturated rings. The van der Waals surface area contributed by atoms with Crippen molar-refractivity contribution in [2.45, 2.75) is 65.0 Å². The number of H-pyrrole nitrogens is 1. The highest BCUT2D eigenvalue weighted by Gasteiger charge is 2.27. The molecule has 1 amide bonds. The fourth-order valence-electron chi connectivity index (χ4n) is 5.15. The summed E-state index contributed by atoms with van der Waals surface area (Å²) in [6.45, 7) is 8.21. The summed E-state index contributed by atoms with van der Waals surface area (Å²) in [5.41, 5.74) is 5.88. The standard InChI is InChI=1S/C26H33N5O2/c1-3-4-25(32)30-14-11-22-21(17-30)26(33)31-24(27-22)15-23(28-31)20-9-12-29(13-10-20)16-19-7-5-18(2)6-8-19/h5-8,15,20,28H,3-4,9-14,16-17H2,1-2H3. The summed E-state index contributed by atoms with van der Waals surface area (Å²) in [5, 5.41) is 3.34. The van der Waals surface area contributed by atoms with Gasteiger partial charge in [-0.15, -0.1) is 0 Å². The van der Waals surface area contributed by atoms with Crippen LogP contribution in [0.4, 0.5) is 0 Å². The van der Waals surface area contributed by atoms with E-state index >= 15 is 0 Å². The molecule has 0 spiro atoms. The molecule has 2 aliphatic rings. The molecular weight excluding hydrogens is 414 g/mol. The predicted molar refractivity (Wildman–Crippen MR) is 128 cm³/mol. The highest BCUT2D eigenvalue weighted by Crippen LogP contribution is 2.28. The molecule has 33 heavy (non-hydrogen) atoms. The summed E-state index contributed by atoms with van der Waals surface area (Å²) in [4.78, 5) is 34.7. The van der Waals surface area contributed by atoms with E-state index in [9.17, 15) is 9.59 Å². The maximum Gasteiger partial charge on any atom is 0.277 e. The second kappa shape index (κ2) is 9.14. The molecule has 1 aromatic carbocycles. The van der Waals surface area contributed by atoms with Crippen molar-refractivity contribution in [2.75, 3.05) is 19.6 Å². The van der Waals surface area contributed by atoms with Gasteiger partial charge < -0.3 is 4.90 Å². The first-order chi connectivity index (χ1) is 16.0. The van der Waals surface area contributed by atoms with Gasteiger partial charge in [0.2, 0.25) is 5.91 Å². The molecule has 0 atom stereocenters. The van der Waals surface area contributed by atoms with Crippen molar-refractivity contribution in [1.29, 1.82) is 0 Å². The van der Waals surface area contributed by atoms with E-state index in [2.05, 4.69) is 47.3 Å². The smallest absolute Gasteiger partial charge is 0.277 e. The molecule has 7 heteroatoms. The molecule has 0 aliphatic carbocycles. The number of aryl methyl sites for hydroxylation is 1. The molecule has 4 heterocycles. The molecule has 5 rings (SSSR count). The molecular formula is C26H33N5O2. The number of likely N-dealkylation sites (tertiary alicyclic amines) is 1. The van der Waals surface area contributed by atoms with E-state index in [0.29, 0.717) is 43.1 Å². The Balaban J connectivity index is 1.29. The van der Waals surface area contributed by atoms with Crippen LogP contribution in [0, 0.1) is 6.92 Å². The molecule has 7 nitrogen and oxygen atoms in total. The van der Waals surface area contributed by atoms with Gasteiger partial charge in [0.25, 0.3) is 5.56 Å². The minimum Gasteiger partial charge on any atom is -0.338 e. The van der Waals surface area contributed by atoms with E-state index in [1.54, 1.807) is 9.42 Å². The van der Waals surface area contributed by atoms with E-state index in [-0.39, 0.29) is 11.5 Å². The summed E-state index contributed by atoms with van der Waals surface area (Å²) in [6, 6.07) is 10.8. The van der Waals surface area contributed by atoms with Crippen molar-refractivity contribution < 1.29 is 4.79 Å². The second-order valence-electron chi connectivity index (χ2n) is 9.60. The first-order valence-electron chi connectivity index (χ1n) is 12.2. The summed E-state index contributed by atoms with van der Waals surface area (Å²) in [6.07, 6.45) is 4.12. The molecule has 0 radical (unpaired) electrons. The van der Waals surface area contributed by atoms with Crippen molar-refractivity contribution in [2.24, 2.45) is 0 Å². The van der Waals surface area contributed by atoms with Gasteiger partial charge in [-0.1, -0.05) is 36.8 Å². The van der Waals surface area contributed by atoms with E-state index in [0.717, 1.165) is 50.3 Å². The van der Waals surface area contributed by atoms with Crippen LogP contribution in [0.5, 0.6) is 0 Å². The van der Waals surface area contributed by atoms with Crippen LogP contribution in [0.15, 0.2) is 35.1 Å². The van der Waals surface area contributed by atoms with Gasteiger partial charge in [0.05, 0.1) is 17.8 Å². The second-order valence-corrected chi connectivity index (χ2v) is 9.60. The van der Waals surface area contributed by atoms with Crippen LogP contribution < -0.4 is 5.56 Å². The fourth-order valence-corrected chi connectivity index (χ4v) is 5.15. The Morgan fingerprint density at radius 1 is 1.15 bits per heavy atom. The summed E-state index contributed by atoms with van der Waals surface area (Å²) in [7, 11) is 0. The highest BCUT2D eigenvalue weighted by molar-refractivity contribution is 5.76. The number of rotatable bonds is 5. The van der Waals surface area contributed by atoms with Gasteiger partial charge in [-0.3, -0.25) is 19.6 Å². The molecule has 0 saturated carbocycles. The van der Waals surface area contributed by atoms with Crippen molar-refractivity contribution in [3.05, 3.63) is 68.8 Å². The van der Waals surface area contributed by atoms with E-state index in [1.165, 1.54) is 11.1 Å². The number of carbonyl (C=O) groups is 1. The average molecular weight is 448 g/mol. The number of benzene rings is 1. The van der Waals surface area contributed by atoms with Crippen LogP contribution in [0.25, 0.3) is 5.65 Å². The van der Waals surface area contributed by atoms with Crippen LogP contribution in [-0.2, 0) is 24.3 Å². The Kier molecular flexibility index (Phi) is 6.06. The van der Waals surface area contributed by atoms with Gasteiger partial charge in [-0.05, 0) is 44.8 Å². The van der Waals surface area contributed by atoms with Gasteiger partial charge in [-0.25, -0.2) is 9.50 Å². The zero-order valence-corrected chi connectivity index (χ0v) is 19.6. The maximum atomic E-state index is 13.2. The number of fused-ring (bicyclic) bond motifs is 2. The third-order valence-corrected chi connectivity index (χ3v) is 7.15. The summed E-state index contributed by atoms with van der Waals surface area (Å²) >= 11 is 0. The quantitative estimate of drug-likeness (QED) is 0.651. The topological polar surface area (TPSA) is 73.7 Å². The van der Waals surface area contributed by atoms with Gasteiger partial charge >= 0.3 is 0 Å². The lowest BCUT2D eigenvalue weighted by Gasteiger charge is -2.31. The number of amides is 1. The largest absolute Gasteiger partial charge is 0.338 e. The highest BCUT2D eigenvalue weighted by atomic mass is 16.2. The fraction of sp³-hybridized carbons (Fsp3) is 0.500. The molecule has 3 aromatic rings. The molecule has 174 valence electrons. The number of hydrogen-bond donors (Lipinski definition) is 1. The van der Waals surface area contributed by atoms with Crippen molar-refractivity contribution in [3.63, 3.8) is 0 Å². The van der Waals surface area contributed by atoms with Crippen LogP contribution in [-0.4, -0.2) is 49.9 Å². The minimum atomic E-state index is -0.0629. The first-order valence-corrected chi connectivity index (χ1v) is 12.2. The maximum absolute atomic E-state index is 13.2. The van der Waals surface area contributed by atoms with Crippen molar-refractivity contribution in [1.82, 2.24) is 24.4 Å². The minimum absolute atomic E-state index is 0.0629. The van der Waals surface area contributed by atoms with Gasteiger partial charge in [0.15, 0.2) is 5.65 Å². The lowest BCUT2D eigenvalue weighted by atomic mass is 9.93. The monoisotopic (exact) mass is 447 g/mol. The van der Waals surface area contributed by atoms with E-state index in [4.69, 9.17) is 4.98 Å². The SMILES string of the molecule is CCCC(=O)N1CCc2nc3cc(C4CCN(Cc5ccc(C)cc5)CC4)[nH]n3c(=O)c2C1. The Labute approximate surface area is 194 Å². The predicted octanol–water partition coefficient (Wildman–Crippen LogP) is 3.40. The van der Waals surface area contributed by atoms with Crippen LogP contribution >= 0.6 is 0 Å².